The maximum Gasteiger partial charge on any atom is 0.257 e. The summed E-state index contributed by atoms with van der Waals surface area (Å²) in [5, 5.41) is 8.62. The number of thiocarbonyl (C=S) groups is 1. The highest BCUT2D eigenvalue weighted by molar-refractivity contribution is 7.80. The van der Waals surface area contributed by atoms with Gasteiger partial charge in [0.2, 0.25) is 0 Å². The molecule has 1 aliphatic heterocycles. The molecule has 8 heteroatoms. The monoisotopic (exact) mass is 441 g/mol. The quantitative estimate of drug-likeness (QED) is 0.544. The molecule has 2 aromatic rings. The van der Waals surface area contributed by atoms with Gasteiger partial charge in [-0.25, -0.2) is 0 Å². The zero-order valence-corrected chi connectivity index (χ0v) is 18.3. The van der Waals surface area contributed by atoms with E-state index in [-0.39, 0.29) is 23.0 Å². The number of rotatable bonds is 8. The summed E-state index contributed by atoms with van der Waals surface area (Å²) in [6.07, 6.45) is 2.99. The summed E-state index contributed by atoms with van der Waals surface area (Å²) < 4.78 is 11.0. The molecule has 2 amide bonds. The van der Waals surface area contributed by atoms with E-state index in [4.69, 9.17) is 21.7 Å². The molecule has 1 heterocycles. The van der Waals surface area contributed by atoms with Crippen molar-refractivity contribution in [2.75, 3.05) is 25.1 Å². The van der Waals surface area contributed by atoms with E-state index in [0.717, 1.165) is 25.9 Å². The van der Waals surface area contributed by atoms with Crippen LogP contribution in [0.25, 0.3) is 0 Å². The van der Waals surface area contributed by atoms with Crippen LogP contribution in [0.1, 0.15) is 46.9 Å². The van der Waals surface area contributed by atoms with Crippen LogP contribution in [0, 0.1) is 0 Å². The highest BCUT2D eigenvalue weighted by Crippen LogP contribution is 2.14. The van der Waals surface area contributed by atoms with Crippen LogP contribution < -0.4 is 20.7 Å². The average Bonchev–Trinajstić information content (AvgIpc) is 3.30. The molecule has 0 spiro atoms. The van der Waals surface area contributed by atoms with Crippen LogP contribution in [0.5, 0.6) is 5.75 Å². The number of nitrogens with one attached hydrogen (secondary N) is 3. The van der Waals surface area contributed by atoms with Crippen LogP contribution in [0.3, 0.4) is 0 Å². The summed E-state index contributed by atoms with van der Waals surface area (Å²) in [7, 11) is 0. The van der Waals surface area contributed by atoms with Crippen molar-refractivity contribution in [3.05, 3.63) is 59.7 Å². The molecule has 7 nitrogen and oxygen atoms in total. The molecular weight excluding hydrogens is 414 g/mol. The van der Waals surface area contributed by atoms with E-state index in [2.05, 4.69) is 16.0 Å². The van der Waals surface area contributed by atoms with Crippen LogP contribution in [-0.2, 0) is 4.74 Å². The standard InChI is InChI=1S/C23H27N3O4S/c1-2-12-29-19-10-8-16(9-11-19)22(28)26-23(31)25-18-6-3-5-17(14-18)21(27)24-15-20-7-4-13-30-20/h3,5-6,8-11,14,20H,2,4,7,12-13,15H2,1H3,(H,24,27)(H2,25,26,28,31). The molecule has 1 saturated heterocycles. The number of carbonyl (C=O) groups excluding carboxylic acids is 2. The van der Waals surface area contributed by atoms with E-state index in [9.17, 15) is 9.59 Å². The fourth-order valence-electron chi connectivity index (χ4n) is 3.11. The average molecular weight is 442 g/mol. The van der Waals surface area contributed by atoms with Gasteiger partial charge < -0.3 is 20.1 Å². The van der Waals surface area contributed by atoms with Gasteiger partial charge in [-0.3, -0.25) is 14.9 Å². The van der Waals surface area contributed by atoms with Gasteiger partial charge in [0.05, 0.1) is 12.7 Å². The highest BCUT2D eigenvalue weighted by atomic mass is 32.1. The first kappa shape index (κ1) is 22.7. The Bertz CT molecular complexity index is 911. The van der Waals surface area contributed by atoms with Gasteiger partial charge in [-0.15, -0.1) is 0 Å². The Balaban J connectivity index is 1.51. The van der Waals surface area contributed by atoms with E-state index < -0.39 is 0 Å². The van der Waals surface area contributed by atoms with Gasteiger partial charge in [-0.1, -0.05) is 13.0 Å². The van der Waals surface area contributed by atoms with Crippen molar-refractivity contribution in [1.82, 2.24) is 10.6 Å². The molecule has 1 aliphatic rings. The number of anilines is 1. The third kappa shape index (κ3) is 7.04. The van der Waals surface area contributed by atoms with Gasteiger partial charge in [-0.2, -0.15) is 0 Å². The molecule has 0 radical (unpaired) electrons. The predicted molar refractivity (Wildman–Crippen MR) is 124 cm³/mol. The number of hydrogen-bond donors (Lipinski definition) is 3. The molecule has 2 aromatic carbocycles. The Labute approximate surface area is 187 Å². The first-order valence-corrected chi connectivity index (χ1v) is 10.8. The molecule has 0 saturated carbocycles. The van der Waals surface area contributed by atoms with Gasteiger partial charge in [0.15, 0.2) is 5.11 Å². The summed E-state index contributed by atoms with van der Waals surface area (Å²) in [6, 6.07) is 13.8. The summed E-state index contributed by atoms with van der Waals surface area (Å²) in [6.45, 7) is 3.90. The zero-order valence-electron chi connectivity index (χ0n) is 17.5. The molecule has 0 aliphatic carbocycles. The minimum absolute atomic E-state index is 0.0836. The second kappa shape index (κ2) is 11.4. The summed E-state index contributed by atoms with van der Waals surface area (Å²) in [5.41, 5.74) is 1.58. The summed E-state index contributed by atoms with van der Waals surface area (Å²) in [4.78, 5) is 24.8. The summed E-state index contributed by atoms with van der Waals surface area (Å²) in [5.74, 6) is 0.207. The number of benzene rings is 2. The number of ether oxygens (including phenoxy) is 2. The number of hydrogen-bond acceptors (Lipinski definition) is 5. The van der Waals surface area contributed by atoms with Gasteiger partial charge in [-0.05, 0) is 73.9 Å². The van der Waals surface area contributed by atoms with Crippen LogP contribution in [-0.4, -0.2) is 42.8 Å². The van der Waals surface area contributed by atoms with E-state index in [1.807, 2.05) is 6.92 Å². The Morgan fingerprint density at radius 3 is 2.65 bits per heavy atom. The van der Waals surface area contributed by atoms with Crippen molar-refractivity contribution >= 4 is 34.8 Å². The third-order valence-electron chi connectivity index (χ3n) is 4.71. The van der Waals surface area contributed by atoms with Crippen molar-refractivity contribution in [1.29, 1.82) is 0 Å². The summed E-state index contributed by atoms with van der Waals surface area (Å²) >= 11 is 5.24. The lowest BCUT2D eigenvalue weighted by molar-refractivity contribution is 0.0857. The van der Waals surface area contributed by atoms with Crippen molar-refractivity contribution < 1.29 is 19.1 Å². The van der Waals surface area contributed by atoms with Crippen LogP contribution in [0.4, 0.5) is 5.69 Å². The normalized spacial score (nSPS) is 15.2. The van der Waals surface area contributed by atoms with E-state index in [1.165, 1.54) is 0 Å². The SMILES string of the molecule is CCCOc1ccc(C(=O)NC(=S)Nc2cccc(C(=O)NCC3CCCO3)c2)cc1. The van der Waals surface area contributed by atoms with Crippen molar-refractivity contribution in [3.63, 3.8) is 0 Å². The lowest BCUT2D eigenvalue weighted by Crippen LogP contribution is -2.34. The highest BCUT2D eigenvalue weighted by Gasteiger charge is 2.17. The minimum atomic E-state index is -0.329. The molecule has 1 unspecified atom stereocenters. The van der Waals surface area contributed by atoms with Crippen LogP contribution in [0.2, 0.25) is 0 Å². The van der Waals surface area contributed by atoms with E-state index >= 15 is 0 Å². The Kier molecular flexibility index (Phi) is 8.37. The molecule has 164 valence electrons. The second-order valence-corrected chi connectivity index (χ2v) is 7.62. The molecule has 1 fully saturated rings. The fraction of sp³-hybridized carbons (Fsp3) is 0.348. The topological polar surface area (TPSA) is 88.7 Å². The van der Waals surface area contributed by atoms with Crippen molar-refractivity contribution in [2.24, 2.45) is 0 Å². The van der Waals surface area contributed by atoms with Gasteiger partial charge in [0.25, 0.3) is 11.8 Å². The first-order valence-electron chi connectivity index (χ1n) is 10.4. The fourth-order valence-corrected chi connectivity index (χ4v) is 3.32. The predicted octanol–water partition coefficient (Wildman–Crippen LogP) is 3.51. The molecule has 0 bridgehead atoms. The molecule has 3 N–H and O–H groups in total. The smallest absolute Gasteiger partial charge is 0.257 e. The van der Waals surface area contributed by atoms with Crippen LogP contribution >= 0.6 is 12.2 Å². The van der Waals surface area contributed by atoms with E-state index in [0.29, 0.717) is 35.7 Å². The lowest BCUT2D eigenvalue weighted by atomic mass is 10.1. The third-order valence-corrected chi connectivity index (χ3v) is 4.92. The van der Waals surface area contributed by atoms with Gasteiger partial charge >= 0.3 is 0 Å². The van der Waals surface area contributed by atoms with Crippen molar-refractivity contribution in [3.8, 4) is 5.75 Å². The second-order valence-electron chi connectivity index (χ2n) is 7.21. The zero-order chi connectivity index (χ0) is 22.1. The molecular formula is C23H27N3O4S. The minimum Gasteiger partial charge on any atom is -0.494 e. The number of amides is 2. The van der Waals surface area contributed by atoms with Gasteiger partial charge in [0, 0.05) is 30.0 Å². The maximum absolute atomic E-state index is 12.4. The Morgan fingerprint density at radius 1 is 1.13 bits per heavy atom. The molecule has 0 aromatic heterocycles. The van der Waals surface area contributed by atoms with Gasteiger partial charge in [0.1, 0.15) is 5.75 Å². The maximum atomic E-state index is 12.4. The number of carbonyl (C=O) groups is 2. The molecule has 31 heavy (non-hydrogen) atoms. The van der Waals surface area contributed by atoms with Crippen molar-refractivity contribution in [2.45, 2.75) is 32.3 Å². The molecule has 1 atom stereocenters. The van der Waals surface area contributed by atoms with E-state index in [1.54, 1.807) is 48.5 Å². The van der Waals surface area contributed by atoms with Crippen LogP contribution in [0.15, 0.2) is 48.5 Å². The molecule has 3 rings (SSSR count). The Hall–Kier alpha value is -2.97. The Morgan fingerprint density at radius 2 is 1.94 bits per heavy atom. The lowest BCUT2D eigenvalue weighted by Gasteiger charge is -2.13. The largest absolute Gasteiger partial charge is 0.494 e. The first-order chi connectivity index (χ1) is 15.0.